The summed E-state index contributed by atoms with van der Waals surface area (Å²) in [6, 6.07) is 8.44. The van der Waals surface area contributed by atoms with Crippen LogP contribution in [0.25, 0.3) is 22.1 Å². The number of benzene rings is 1. The molecule has 0 amide bonds. The smallest absolute Gasteiger partial charge is 0.336 e. The number of aromatic hydroxyl groups is 1. The minimum Gasteiger partial charge on any atom is -0.508 e. The topological polar surface area (TPSA) is 63.3 Å². The molecule has 0 aliphatic heterocycles. The fourth-order valence-corrected chi connectivity index (χ4v) is 3.13. The zero-order valence-corrected chi connectivity index (χ0v) is 12.0. The first-order chi connectivity index (χ1) is 10.7. The van der Waals surface area contributed by atoms with E-state index < -0.39 is 5.63 Å². The Hall–Kier alpha value is -2.62. The maximum Gasteiger partial charge on any atom is 0.336 e. The number of aryl methyl sites for hydroxylation is 2. The van der Waals surface area contributed by atoms with Gasteiger partial charge in [0.25, 0.3) is 0 Å². The first-order valence-corrected chi connectivity index (χ1v) is 7.46. The van der Waals surface area contributed by atoms with Crippen LogP contribution in [0, 0.1) is 0 Å². The van der Waals surface area contributed by atoms with Gasteiger partial charge in [0.1, 0.15) is 11.3 Å². The fraction of sp³-hybridized carbons (Fsp3) is 0.222. The molecule has 1 N–H and O–H groups in total. The molecule has 1 aliphatic carbocycles. The quantitative estimate of drug-likeness (QED) is 0.698. The molecule has 0 atom stereocenters. The van der Waals surface area contributed by atoms with Gasteiger partial charge < -0.3 is 9.52 Å². The predicted molar refractivity (Wildman–Crippen MR) is 84.0 cm³/mol. The van der Waals surface area contributed by atoms with Crippen molar-refractivity contribution in [2.45, 2.75) is 25.7 Å². The third kappa shape index (κ3) is 2.17. The van der Waals surface area contributed by atoms with E-state index >= 15 is 0 Å². The van der Waals surface area contributed by atoms with Gasteiger partial charge in [-0.2, -0.15) is 0 Å². The van der Waals surface area contributed by atoms with Gasteiger partial charge in [-0.25, -0.2) is 4.79 Å². The predicted octanol–water partition coefficient (Wildman–Crippen LogP) is 3.44. The van der Waals surface area contributed by atoms with E-state index in [1.54, 1.807) is 12.1 Å². The van der Waals surface area contributed by atoms with Crippen LogP contribution in [0.1, 0.15) is 24.1 Å². The van der Waals surface area contributed by atoms with E-state index in [9.17, 15) is 9.90 Å². The van der Waals surface area contributed by atoms with Crippen LogP contribution in [-0.2, 0) is 12.8 Å². The van der Waals surface area contributed by atoms with Crippen molar-refractivity contribution in [3.8, 4) is 16.9 Å². The molecule has 0 bridgehead atoms. The van der Waals surface area contributed by atoms with Crippen molar-refractivity contribution in [3.05, 3.63) is 58.2 Å². The average Bonchev–Trinajstić information content (AvgIpc) is 2.53. The van der Waals surface area contributed by atoms with Crippen LogP contribution in [0.5, 0.6) is 5.75 Å². The van der Waals surface area contributed by atoms with Gasteiger partial charge in [0.15, 0.2) is 0 Å². The van der Waals surface area contributed by atoms with Crippen molar-refractivity contribution >= 4 is 11.0 Å². The van der Waals surface area contributed by atoms with Crippen LogP contribution in [0.3, 0.4) is 0 Å². The summed E-state index contributed by atoms with van der Waals surface area (Å²) in [6.07, 6.45) is 6.27. The van der Waals surface area contributed by atoms with E-state index in [0.29, 0.717) is 5.58 Å². The van der Waals surface area contributed by atoms with Crippen molar-refractivity contribution in [2.24, 2.45) is 0 Å². The molecule has 3 aromatic rings. The molecule has 0 saturated heterocycles. The molecular weight excluding hydrogens is 278 g/mol. The number of phenolic OH excluding ortho intramolecular Hbond substituents is 1. The zero-order chi connectivity index (χ0) is 15.1. The van der Waals surface area contributed by atoms with E-state index in [4.69, 9.17) is 4.42 Å². The number of nitrogens with zero attached hydrogens (tertiary/aromatic N) is 1. The SMILES string of the molecule is O=c1cc(-c2cnc3c(c2)CCCC3)c2ccc(O)cc2o1. The Labute approximate surface area is 127 Å². The maximum atomic E-state index is 11.8. The molecule has 0 spiro atoms. The number of phenols is 1. The molecule has 0 unspecified atom stereocenters. The molecule has 110 valence electrons. The monoisotopic (exact) mass is 293 g/mol. The lowest BCUT2D eigenvalue weighted by Crippen LogP contribution is -2.05. The summed E-state index contributed by atoms with van der Waals surface area (Å²) in [4.78, 5) is 16.4. The Morgan fingerprint density at radius 2 is 1.95 bits per heavy atom. The summed E-state index contributed by atoms with van der Waals surface area (Å²) < 4.78 is 5.18. The van der Waals surface area contributed by atoms with Crippen molar-refractivity contribution in [1.29, 1.82) is 0 Å². The zero-order valence-electron chi connectivity index (χ0n) is 12.0. The van der Waals surface area contributed by atoms with E-state index in [-0.39, 0.29) is 5.75 Å². The minimum atomic E-state index is -0.425. The first kappa shape index (κ1) is 13.1. The summed E-state index contributed by atoms with van der Waals surface area (Å²) in [6.45, 7) is 0. The summed E-state index contributed by atoms with van der Waals surface area (Å²) in [5.41, 5.74) is 4.12. The van der Waals surface area contributed by atoms with Crippen LogP contribution < -0.4 is 5.63 Å². The highest BCUT2D eigenvalue weighted by molar-refractivity contribution is 5.93. The summed E-state index contributed by atoms with van der Waals surface area (Å²) >= 11 is 0. The lowest BCUT2D eigenvalue weighted by molar-refractivity contribution is 0.473. The first-order valence-electron chi connectivity index (χ1n) is 7.46. The van der Waals surface area contributed by atoms with Crippen LogP contribution in [0.4, 0.5) is 0 Å². The van der Waals surface area contributed by atoms with Crippen molar-refractivity contribution in [1.82, 2.24) is 4.98 Å². The van der Waals surface area contributed by atoms with E-state index in [0.717, 1.165) is 29.4 Å². The molecule has 4 rings (SSSR count). The second-order valence-electron chi connectivity index (χ2n) is 5.70. The molecule has 22 heavy (non-hydrogen) atoms. The van der Waals surface area contributed by atoms with Crippen LogP contribution in [-0.4, -0.2) is 10.1 Å². The van der Waals surface area contributed by atoms with Crippen LogP contribution >= 0.6 is 0 Å². The molecule has 1 aromatic carbocycles. The van der Waals surface area contributed by atoms with Gasteiger partial charge in [0, 0.05) is 40.5 Å². The summed E-state index contributed by atoms with van der Waals surface area (Å²) in [5, 5.41) is 10.4. The maximum absolute atomic E-state index is 11.8. The second kappa shape index (κ2) is 4.98. The molecule has 0 fully saturated rings. The van der Waals surface area contributed by atoms with Gasteiger partial charge in [0.05, 0.1) is 0 Å². The van der Waals surface area contributed by atoms with Crippen LogP contribution in [0.15, 0.2) is 45.7 Å². The molecule has 4 heteroatoms. The Morgan fingerprint density at radius 3 is 2.86 bits per heavy atom. The lowest BCUT2D eigenvalue weighted by Gasteiger charge is -2.16. The van der Waals surface area contributed by atoms with Crippen LogP contribution in [0.2, 0.25) is 0 Å². The van der Waals surface area contributed by atoms with Crippen molar-refractivity contribution in [2.75, 3.05) is 0 Å². The largest absolute Gasteiger partial charge is 0.508 e. The summed E-state index contributed by atoms with van der Waals surface area (Å²) in [5.74, 6) is 0.0800. The third-order valence-corrected chi connectivity index (χ3v) is 4.21. The molecule has 0 saturated carbocycles. The number of aromatic nitrogens is 1. The normalized spacial score (nSPS) is 14.0. The number of rotatable bonds is 1. The molecule has 2 heterocycles. The van der Waals surface area contributed by atoms with Crippen molar-refractivity contribution in [3.63, 3.8) is 0 Å². The second-order valence-corrected chi connectivity index (χ2v) is 5.70. The molecule has 1 aliphatic rings. The van der Waals surface area contributed by atoms with Gasteiger partial charge in [-0.3, -0.25) is 4.98 Å². The number of hydrogen-bond donors (Lipinski definition) is 1. The highest BCUT2D eigenvalue weighted by Crippen LogP contribution is 2.31. The van der Waals surface area contributed by atoms with E-state index in [2.05, 4.69) is 11.1 Å². The van der Waals surface area contributed by atoms with Gasteiger partial charge in [0.2, 0.25) is 0 Å². The van der Waals surface area contributed by atoms with Gasteiger partial charge in [-0.1, -0.05) is 0 Å². The fourth-order valence-electron chi connectivity index (χ4n) is 3.13. The van der Waals surface area contributed by atoms with Gasteiger partial charge in [-0.15, -0.1) is 0 Å². The van der Waals surface area contributed by atoms with Gasteiger partial charge in [-0.05, 0) is 49.4 Å². The van der Waals surface area contributed by atoms with E-state index in [1.165, 1.54) is 36.2 Å². The summed E-state index contributed by atoms with van der Waals surface area (Å²) in [7, 11) is 0. The minimum absolute atomic E-state index is 0.0800. The number of pyridine rings is 1. The Morgan fingerprint density at radius 1 is 1.09 bits per heavy atom. The molecule has 4 nitrogen and oxygen atoms in total. The number of hydrogen-bond acceptors (Lipinski definition) is 4. The average molecular weight is 293 g/mol. The third-order valence-electron chi connectivity index (χ3n) is 4.21. The molecule has 0 radical (unpaired) electrons. The highest BCUT2D eigenvalue weighted by atomic mass is 16.4. The van der Waals surface area contributed by atoms with E-state index in [1.807, 2.05) is 6.20 Å². The lowest BCUT2D eigenvalue weighted by atomic mass is 9.93. The Balaban J connectivity index is 1.95. The highest BCUT2D eigenvalue weighted by Gasteiger charge is 2.14. The number of fused-ring (bicyclic) bond motifs is 2. The Kier molecular flexibility index (Phi) is 2.96. The standard InChI is InChI=1S/C18H15NO3/c20-13-5-6-14-15(9-18(21)22-17(14)8-13)12-7-11-3-1-2-4-16(11)19-10-12/h5-10,20H,1-4H2. The van der Waals surface area contributed by atoms with Gasteiger partial charge >= 0.3 is 5.63 Å². The van der Waals surface area contributed by atoms with Crippen molar-refractivity contribution < 1.29 is 9.52 Å². The Bertz CT molecular complexity index is 927. The molecule has 2 aromatic heterocycles. The molecular formula is C18H15NO3.